The molecule has 0 heterocycles. The smallest absolute Gasteiger partial charge is 0.273 e. The first-order valence-electron chi connectivity index (χ1n) is 6.06. The van der Waals surface area contributed by atoms with Crippen LogP contribution in [0.2, 0.25) is 0 Å². The van der Waals surface area contributed by atoms with Crippen molar-refractivity contribution in [3.8, 4) is 0 Å². The van der Waals surface area contributed by atoms with Gasteiger partial charge in [-0.3, -0.25) is 14.3 Å². The number of nitro benzene ring substituents is 1. The summed E-state index contributed by atoms with van der Waals surface area (Å²) >= 11 is 0. The van der Waals surface area contributed by atoms with Crippen LogP contribution in [0.25, 0.3) is 0 Å². The second kappa shape index (κ2) is 6.01. The quantitative estimate of drug-likeness (QED) is 0.534. The fourth-order valence-corrected chi connectivity index (χ4v) is 3.15. The first kappa shape index (κ1) is 15.1. The Morgan fingerprint density at radius 1 is 1.29 bits per heavy atom. The molecule has 0 saturated carbocycles. The van der Waals surface area contributed by atoms with Gasteiger partial charge in [0.25, 0.3) is 5.69 Å². The lowest BCUT2D eigenvalue weighted by Crippen LogP contribution is -2.04. The molecule has 0 aliphatic rings. The lowest BCUT2D eigenvalue weighted by atomic mass is 10.2. The van der Waals surface area contributed by atoms with Gasteiger partial charge >= 0.3 is 0 Å². The molecule has 0 fully saturated rings. The van der Waals surface area contributed by atoms with E-state index in [2.05, 4.69) is 0 Å². The first-order valence-corrected chi connectivity index (χ1v) is 7.37. The molecule has 0 amide bonds. The average Bonchev–Trinajstić information content (AvgIpc) is 2.37. The van der Waals surface area contributed by atoms with Gasteiger partial charge in [0.2, 0.25) is 0 Å². The van der Waals surface area contributed by atoms with Crippen molar-refractivity contribution < 1.29 is 13.5 Å². The van der Waals surface area contributed by atoms with Crippen LogP contribution in [0.15, 0.2) is 41.3 Å². The van der Waals surface area contributed by atoms with Crippen LogP contribution in [0.3, 0.4) is 0 Å². The minimum atomic E-state index is -1.59. The van der Waals surface area contributed by atoms with Gasteiger partial charge in [-0.05, 0) is 36.8 Å². The Kier molecular flexibility index (Phi) is 4.32. The molecule has 5 nitrogen and oxygen atoms in total. The lowest BCUT2D eigenvalue weighted by Gasteiger charge is -2.07. The summed E-state index contributed by atoms with van der Waals surface area (Å²) in [5.41, 5.74) is 6.91. The number of hydrogen-bond donors (Lipinski definition) is 1. The van der Waals surface area contributed by atoms with Gasteiger partial charge in [0.05, 0.1) is 26.4 Å². The molecule has 0 aromatic heterocycles. The molecular formula is C14H13FN2O3S. The summed E-state index contributed by atoms with van der Waals surface area (Å²) in [4.78, 5) is 10.7. The van der Waals surface area contributed by atoms with Crippen molar-refractivity contribution in [1.82, 2.24) is 0 Å². The number of anilines is 1. The van der Waals surface area contributed by atoms with Crippen LogP contribution < -0.4 is 5.73 Å². The largest absolute Gasteiger partial charge is 0.398 e. The van der Waals surface area contributed by atoms with Gasteiger partial charge in [0.1, 0.15) is 5.82 Å². The van der Waals surface area contributed by atoms with E-state index in [0.717, 1.165) is 23.8 Å². The number of aryl methyl sites for hydroxylation is 1. The van der Waals surface area contributed by atoms with E-state index < -0.39 is 21.5 Å². The molecule has 1 unspecified atom stereocenters. The van der Waals surface area contributed by atoms with Crippen LogP contribution in [0.1, 0.15) is 11.1 Å². The van der Waals surface area contributed by atoms with Gasteiger partial charge in [0, 0.05) is 17.3 Å². The number of nitrogen functional groups attached to an aromatic ring is 1. The summed E-state index contributed by atoms with van der Waals surface area (Å²) in [6.45, 7) is 1.85. The molecule has 7 heteroatoms. The molecule has 0 radical (unpaired) electrons. The minimum Gasteiger partial charge on any atom is -0.398 e. The van der Waals surface area contributed by atoms with E-state index in [4.69, 9.17) is 5.73 Å². The third-order valence-corrected chi connectivity index (χ3v) is 4.37. The van der Waals surface area contributed by atoms with Crippen molar-refractivity contribution in [1.29, 1.82) is 0 Å². The number of nitrogens with two attached hydrogens (primary N) is 1. The lowest BCUT2D eigenvalue weighted by molar-refractivity contribution is -0.385. The van der Waals surface area contributed by atoms with Gasteiger partial charge in [-0.15, -0.1) is 0 Å². The standard InChI is InChI=1S/C14H13FN2O3S/c1-9-2-5-14(12(16)6-9)21(20)8-10-7-11(15)3-4-13(10)17(18)19/h2-7H,8,16H2,1H3. The van der Waals surface area contributed by atoms with Crippen molar-refractivity contribution in [3.63, 3.8) is 0 Å². The number of rotatable bonds is 4. The monoisotopic (exact) mass is 308 g/mol. The Hall–Kier alpha value is -2.28. The molecule has 0 aliphatic heterocycles. The van der Waals surface area contributed by atoms with E-state index >= 15 is 0 Å². The number of benzene rings is 2. The molecular weight excluding hydrogens is 295 g/mol. The molecule has 0 bridgehead atoms. The zero-order valence-electron chi connectivity index (χ0n) is 11.2. The summed E-state index contributed by atoms with van der Waals surface area (Å²) in [7, 11) is -1.59. The fraction of sp³-hybridized carbons (Fsp3) is 0.143. The van der Waals surface area contributed by atoms with E-state index in [-0.39, 0.29) is 17.0 Å². The van der Waals surface area contributed by atoms with Crippen molar-refractivity contribution >= 4 is 22.2 Å². The van der Waals surface area contributed by atoms with Gasteiger partial charge < -0.3 is 5.73 Å². The zero-order chi connectivity index (χ0) is 15.6. The maximum atomic E-state index is 13.2. The van der Waals surface area contributed by atoms with Crippen LogP contribution >= 0.6 is 0 Å². The number of halogens is 1. The van der Waals surface area contributed by atoms with Crippen LogP contribution in [0, 0.1) is 22.9 Å². The van der Waals surface area contributed by atoms with Crippen molar-refractivity contribution in [2.24, 2.45) is 0 Å². The normalized spacial score (nSPS) is 12.1. The van der Waals surface area contributed by atoms with Gasteiger partial charge in [-0.2, -0.15) is 0 Å². The van der Waals surface area contributed by atoms with Crippen LogP contribution in [0.4, 0.5) is 15.8 Å². The highest BCUT2D eigenvalue weighted by Gasteiger charge is 2.18. The second-order valence-electron chi connectivity index (χ2n) is 4.56. The van der Waals surface area contributed by atoms with E-state index in [1.54, 1.807) is 18.2 Å². The predicted octanol–water partition coefficient (Wildman–Crippen LogP) is 2.93. The van der Waals surface area contributed by atoms with Crippen molar-refractivity contribution in [3.05, 3.63) is 63.5 Å². The maximum Gasteiger partial charge on any atom is 0.273 e. The third kappa shape index (κ3) is 3.43. The van der Waals surface area contributed by atoms with Crippen molar-refractivity contribution in [2.75, 3.05) is 5.73 Å². The summed E-state index contributed by atoms with van der Waals surface area (Å²) < 4.78 is 25.6. The Morgan fingerprint density at radius 2 is 2.00 bits per heavy atom. The molecule has 2 rings (SSSR count). The zero-order valence-corrected chi connectivity index (χ0v) is 12.0. The Balaban J connectivity index is 2.35. The molecule has 2 aromatic rings. The van der Waals surface area contributed by atoms with E-state index in [9.17, 15) is 18.7 Å². The molecule has 2 N–H and O–H groups in total. The first-order chi connectivity index (χ1) is 9.88. The minimum absolute atomic E-state index is 0.0818. The summed E-state index contributed by atoms with van der Waals surface area (Å²) in [5, 5.41) is 10.9. The summed E-state index contributed by atoms with van der Waals surface area (Å²) in [6, 6.07) is 8.15. The predicted molar refractivity (Wildman–Crippen MR) is 78.8 cm³/mol. The molecule has 0 aliphatic carbocycles. The summed E-state index contributed by atoms with van der Waals surface area (Å²) in [6.07, 6.45) is 0. The third-order valence-electron chi connectivity index (χ3n) is 2.94. The van der Waals surface area contributed by atoms with E-state index in [1.165, 1.54) is 0 Å². The molecule has 1 atom stereocenters. The Morgan fingerprint density at radius 3 is 2.62 bits per heavy atom. The average molecular weight is 308 g/mol. The Bertz CT molecular complexity index is 734. The number of hydrogen-bond acceptors (Lipinski definition) is 4. The highest BCUT2D eigenvalue weighted by Crippen LogP contribution is 2.25. The summed E-state index contributed by atoms with van der Waals surface area (Å²) in [5.74, 6) is -0.772. The number of nitro groups is 1. The van der Waals surface area contributed by atoms with E-state index in [1.807, 2.05) is 6.92 Å². The van der Waals surface area contributed by atoms with Gasteiger partial charge in [-0.1, -0.05) is 6.07 Å². The molecule has 0 spiro atoms. The van der Waals surface area contributed by atoms with Crippen LogP contribution in [0.5, 0.6) is 0 Å². The Labute approximate surface area is 123 Å². The maximum absolute atomic E-state index is 13.2. The van der Waals surface area contributed by atoms with Crippen molar-refractivity contribution in [2.45, 2.75) is 17.6 Å². The molecule has 110 valence electrons. The highest BCUT2D eigenvalue weighted by molar-refractivity contribution is 7.84. The molecule has 2 aromatic carbocycles. The van der Waals surface area contributed by atoms with Crippen LogP contribution in [-0.4, -0.2) is 9.13 Å². The highest BCUT2D eigenvalue weighted by atomic mass is 32.2. The topological polar surface area (TPSA) is 86.2 Å². The van der Waals surface area contributed by atoms with Gasteiger partial charge in [-0.25, -0.2) is 4.39 Å². The molecule has 21 heavy (non-hydrogen) atoms. The fourth-order valence-electron chi connectivity index (χ4n) is 1.94. The SMILES string of the molecule is Cc1ccc(S(=O)Cc2cc(F)ccc2[N+](=O)[O-])c(N)c1. The van der Waals surface area contributed by atoms with E-state index in [0.29, 0.717) is 10.6 Å². The van der Waals surface area contributed by atoms with Crippen LogP contribution in [-0.2, 0) is 16.6 Å². The molecule has 0 saturated heterocycles. The van der Waals surface area contributed by atoms with Gasteiger partial charge in [0.15, 0.2) is 0 Å². The second-order valence-corrected chi connectivity index (χ2v) is 5.98. The number of nitrogens with zero attached hydrogens (tertiary/aromatic N) is 1.